The molecule has 162 valence electrons. The standard InChI is InChI=1S/C21H21F3N6O/c1-13-8-16(10-17(9-13)21(22,23)24)19(31)29(11-15-4-5-15)14(2)18-27-12-28-30(18)20-25-6-3-7-26-20/h3,6-10,12,14-15H,4-5,11H2,1-2H3. The number of aryl methyl sites for hydroxylation is 1. The molecule has 0 N–H and O–H groups in total. The van der Waals surface area contributed by atoms with Crippen LogP contribution in [0.5, 0.6) is 0 Å². The average Bonchev–Trinajstić information content (AvgIpc) is 3.43. The monoisotopic (exact) mass is 430 g/mol. The summed E-state index contributed by atoms with van der Waals surface area (Å²) in [6.07, 6.45) is 1.91. The summed E-state index contributed by atoms with van der Waals surface area (Å²) in [5.41, 5.74) is -0.462. The van der Waals surface area contributed by atoms with Gasteiger partial charge in [-0.05, 0) is 62.4 Å². The van der Waals surface area contributed by atoms with Crippen LogP contribution in [-0.2, 0) is 6.18 Å². The minimum atomic E-state index is -4.53. The Labute approximate surface area is 177 Å². The van der Waals surface area contributed by atoms with Crippen LogP contribution in [0.1, 0.15) is 53.1 Å². The molecular formula is C21H21F3N6O. The summed E-state index contributed by atoms with van der Waals surface area (Å²) in [6, 6.07) is 4.55. The van der Waals surface area contributed by atoms with Crippen LogP contribution < -0.4 is 0 Å². The molecule has 10 heteroatoms. The topological polar surface area (TPSA) is 76.8 Å². The lowest BCUT2D eigenvalue weighted by atomic mass is 10.0. The van der Waals surface area contributed by atoms with Crippen LogP contribution >= 0.6 is 0 Å². The lowest BCUT2D eigenvalue weighted by molar-refractivity contribution is -0.137. The summed E-state index contributed by atoms with van der Waals surface area (Å²) >= 11 is 0. The number of amides is 1. The molecule has 4 rings (SSSR count). The maximum Gasteiger partial charge on any atom is 0.416 e. The van der Waals surface area contributed by atoms with Gasteiger partial charge >= 0.3 is 6.18 Å². The van der Waals surface area contributed by atoms with Gasteiger partial charge in [0, 0.05) is 24.5 Å². The van der Waals surface area contributed by atoms with Gasteiger partial charge in [-0.15, -0.1) is 0 Å². The van der Waals surface area contributed by atoms with Gasteiger partial charge < -0.3 is 4.90 Å². The fraction of sp³-hybridized carbons (Fsp3) is 0.381. The van der Waals surface area contributed by atoms with Crippen LogP contribution in [0.2, 0.25) is 0 Å². The molecule has 0 radical (unpaired) electrons. The second kappa shape index (κ2) is 8.09. The third-order valence-corrected chi connectivity index (χ3v) is 5.22. The number of hydrogen-bond acceptors (Lipinski definition) is 5. The Morgan fingerprint density at radius 1 is 1.19 bits per heavy atom. The van der Waals surface area contributed by atoms with Crippen molar-refractivity contribution in [2.75, 3.05) is 6.54 Å². The van der Waals surface area contributed by atoms with Crippen LogP contribution in [0.4, 0.5) is 13.2 Å². The third kappa shape index (κ3) is 4.57. The van der Waals surface area contributed by atoms with Gasteiger partial charge in [0.15, 0.2) is 5.82 Å². The van der Waals surface area contributed by atoms with E-state index in [-0.39, 0.29) is 5.56 Å². The lowest BCUT2D eigenvalue weighted by Gasteiger charge is -2.29. The second-order valence-corrected chi connectivity index (χ2v) is 7.74. The summed E-state index contributed by atoms with van der Waals surface area (Å²) in [5.74, 6) is 0.583. The molecule has 1 aromatic carbocycles. The summed E-state index contributed by atoms with van der Waals surface area (Å²) in [4.78, 5) is 27.6. The lowest BCUT2D eigenvalue weighted by Crippen LogP contribution is -2.37. The van der Waals surface area contributed by atoms with E-state index in [0.29, 0.717) is 29.8 Å². The molecule has 0 aliphatic heterocycles. The van der Waals surface area contributed by atoms with Gasteiger partial charge in [-0.3, -0.25) is 4.79 Å². The molecule has 3 aromatic rings. The zero-order chi connectivity index (χ0) is 22.2. The van der Waals surface area contributed by atoms with Gasteiger partial charge in [0.05, 0.1) is 11.6 Å². The molecule has 1 fully saturated rings. The molecular weight excluding hydrogens is 409 g/mol. The molecule has 1 saturated carbocycles. The zero-order valence-corrected chi connectivity index (χ0v) is 17.0. The molecule has 2 aromatic heterocycles. The summed E-state index contributed by atoms with van der Waals surface area (Å²) in [5, 5.41) is 4.17. The number of benzene rings is 1. The Balaban J connectivity index is 1.70. The predicted octanol–water partition coefficient (Wildman–Crippen LogP) is 4.00. The van der Waals surface area contributed by atoms with Crippen molar-refractivity contribution in [2.45, 2.75) is 38.9 Å². The first-order chi connectivity index (χ1) is 14.7. The highest BCUT2D eigenvalue weighted by Gasteiger charge is 2.35. The van der Waals surface area contributed by atoms with E-state index in [0.717, 1.165) is 25.0 Å². The first-order valence-corrected chi connectivity index (χ1v) is 9.91. The molecule has 7 nitrogen and oxygen atoms in total. The fourth-order valence-corrected chi connectivity index (χ4v) is 3.46. The van der Waals surface area contributed by atoms with Gasteiger partial charge in [0.25, 0.3) is 11.9 Å². The molecule has 1 unspecified atom stereocenters. The molecule has 1 atom stereocenters. The van der Waals surface area contributed by atoms with Crippen molar-refractivity contribution in [3.63, 3.8) is 0 Å². The Bertz CT molecular complexity index is 1080. The van der Waals surface area contributed by atoms with E-state index in [9.17, 15) is 18.0 Å². The van der Waals surface area contributed by atoms with Gasteiger partial charge in [0.2, 0.25) is 0 Å². The van der Waals surface area contributed by atoms with Crippen LogP contribution in [0.15, 0.2) is 43.0 Å². The van der Waals surface area contributed by atoms with Crippen LogP contribution in [0, 0.1) is 12.8 Å². The van der Waals surface area contributed by atoms with Crippen molar-refractivity contribution in [2.24, 2.45) is 5.92 Å². The second-order valence-electron chi connectivity index (χ2n) is 7.74. The average molecular weight is 430 g/mol. The van der Waals surface area contributed by atoms with E-state index in [4.69, 9.17) is 0 Å². The number of alkyl halides is 3. The quantitative estimate of drug-likeness (QED) is 0.591. The van der Waals surface area contributed by atoms with Crippen molar-refractivity contribution < 1.29 is 18.0 Å². The van der Waals surface area contributed by atoms with E-state index in [1.54, 1.807) is 37.2 Å². The number of carbonyl (C=O) groups is 1. The minimum Gasteiger partial charge on any atom is -0.328 e. The minimum absolute atomic E-state index is 0.00171. The highest BCUT2D eigenvalue weighted by Crippen LogP contribution is 2.35. The number of aromatic nitrogens is 5. The van der Waals surface area contributed by atoms with Crippen molar-refractivity contribution in [1.82, 2.24) is 29.6 Å². The Morgan fingerprint density at radius 3 is 2.55 bits per heavy atom. The molecule has 2 heterocycles. The Kier molecular flexibility index (Phi) is 5.47. The van der Waals surface area contributed by atoms with Gasteiger partial charge in [-0.25, -0.2) is 15.0 Å². The number of halogens is 3. The van der Waals surface area contributed by atoms with Crippen molar-refractivity contribution in [1.29, 1.82) is 0 Å². The SMILES string of the molecule is Cc1cc(C(=O)N(CC2CC2)C(C)c2ncnn2-c2ncccn2)cc(C(F)(F)F)c1. The Hall–Kier alpha value is -3.30. The molecule has 0 saturated heterocycles. The van der Waals surface area contributed by atoms with Crippen LogP contribution in [0.25, 0.3) is 5.95 Å². The predicted molar refractivity (Wildman–Crippen MR) is 105 cm³/mol. The molecule has 1 amide bonds. The first kappa shape index (κ1) is 21.0. The van der Waals surface area contributed by atoms with Crippen molar-refractivity contribution >= 4 is 5.91 Å². The molecule has 1 aliphatic rings. The summed E-state index contributed by atoms with van der Waals surface area (Å²) in [7, 11) is 0. The third-order valence-electron chi connectivity index (χ3n) is 5.22. The fourth-order valence-electron chi connectivity index (χ4n) is 3.46. The highest BCUT2D eigenvalue weighted by molar-refractivity contribution is 5.95. The van der Waals surface area contributed by atoms with Crippen molar-refractivity contribution in [3.8, 4) is 5.95 Å². The summed E-state index contributed by atoms with van der Waals surface area (Å²) in [6.45, 7) is 3.76. The highest BCUT2D eigenvalue weighted by atomic mass is 19.4. The first-order valence-electron chi connectivity index (χ1n) is 9.91. The molecule has 31 heavy (non-hydrogen) atoms. The van der Waals surface area contributed by atoms with E-state index in [1.807, 2.05) is 0 Å². The van der Waals surface area contributed by atoms with Gasteiger partial charge in [0.1, 0.15) is 6.33 Å². The normalized spacial score (nSPS) is 15.0. The van der Waals surface area contributed by atoms with Gasteiger partial charge in [-0.1, -0.05) is 0 Å². The smallest absolute Gasteiger partial charge is 0.328 e. The number of rotatable bonds is 6. The van der Waals surface area contributed by atoms with Gasteiger partial charge in [-0.2, -0.15) is 23.0 Å². The number of hydrogen-bond donors (Lipinski definition) is 0. The van der Waals surface area contributed by atoms with E-state index in [2.05, 4.69) is 20.1 Å². The van der Waals surface area contributed by atoms with Crippen LogP contribution in [0.3, 0.4) is 0 Å². The van der Waals surface area contributed by atoms with Crippen LogP contribution in [-0.4, -0.2) is 42.1 Å². The number of carbonyl (C=O) groups excluding carboxylic acids is 1. The zero-order valence-electron chi connectivity index (χ0n) is 17.0. The Morgan fingerprint density at radius 2 is 1.90 bits per heavy atom. The maximum absolute atomic E-state index is 13.4. The molecule has 0 bridgehead atoms. The number of nitrogens with zero attached hydrogens (tertiary/aromatic N) is 6. The molecule has 1 aliphatic carbocycles. The summed E-state index contributed by atoms with van der Waals surface area (Å²) < 4.78 is 41.3. The molecule has 0 spiro atoms. The van der Waals surface area contributed by atoms with Crippen molar-refractivity contribution in [3.05, 3.63) is 65.5 Å². The maximum atomic E-state index is 13.4. The largest absolute Gasteiger partial charge is 0.416 e. The van der Waals surface area contributed by atoms with E-state index >= 15 is 0 Å². The van der Waals surface area contributed by atoms with E-state index < -0.39 is 23.7 Å². The van der Waals surface area contributed by atoms with E-state index in [1.165, 1.54) is 17.1 Å².